The summed E-state index contributed by atoms with van der Waals surface area (Å²) in [5.41, 5.74) is 4.56. The number of hydrogen-bond acceptors (Lipinski definition) is 5. The lowest BCUT2D eigenvalue weighted by atomic mass is 10.1. The van der Waals surface area contributed by atoms with E-state index < -0.39 is 0 Å². The number of likely N-dealkylation sites (N-methyl/N-ethyl adjacent to an activating group) is 1. The Balaban J connectivity index is 1.33. The Kier molecular flexibility index (Phi) is 4.92. The highest BCUT2D eigenvalue weighted by Crippen LogP contribution is 2.31. The normalized spacial score (nSPS) is 15.0. The van der Waals surface area contributed by atoms with Gasteiger partial charge in [0.15, 0.2) is 5.13 Å². The van der Waals surface area contributed by atoms with Gasteiger partial charge in [-0.2, -0.15) is 0 Å². The van der Waals surface area contributed by atoms with Crippen molar-refractivity contribution >= 4 is 38.6 Å². The predicted molar refractivity (Wildman–Crippen MR) is 124 cm³/mol. The fraction of sp³-hybridized carbons (Fsp3) is 0.208. The van der Waals surface area contributed by atoms with Crippen LogP contribution in [-0.4, -0.2) is 43.1 Å². The molecule has 0 spiro atoms. The van der Waals surface area contributed by atoms with Crippen LogP contribution in [-0.2, 0) is 0 Å². The molecule has 2 heterocycles. The summed E-state index contributed by atoms with van der Waals surface area (Å²) in [6, 6.07) is 23.5. The number of piperazine rings is 1. The van der Waals surface area contributed by atoms with Crippen LogP contribution >= 0.6 is 11.3 Å². The first kappa shape index (κ1) is 18.2. The quantitative estimate of drug-likeness (QED) is 0.493. The lowest BCUT2D eigenvalue weighted by Gasteiger charge is -2.34. The minimum atomic E-state index is 0.916. The number of aromatic nitrogens is 1. The van der Waals surface area contributed by atoms with Gasteiger partial charge < -0.3 is 15.1 Å². The summed E-state index contributed by atoms with van der Waals surface area (Å²) in [4.78, 5) is 9.66. The van der Waals surface area contributed by atoms with Gasteiger partial charge in [-0.1, -0.05) is 48.5 Å². The molecule has 0 bridgehead atoms. The van der Waals surface area contributed by atoms with E-state index in [1.165, 1.54) is 16.5 Å². The molecule has 29 heavy (non-hydrogen) atoms. The SMILES string of the molecule is CN1CCN(c2ccc(-c3csc(Nc4cccc5ccccc45)n3)cc2)CC1. The molecule has 1 aliphatic heterocycles. The van der Waals surface area contributed by atoms with Crippen LogP contribution in [0.25, 0.3) is 22.0 Å². The lowest BCUT2D eigenvalue weighted by molar-refractivity contribution is 0.313. The van der Waals surface area contributed by atoms with Gasteiger partial charge in [0, 0.05) is 53.9 Å². The van der Waals surface area contributed by atoms with E-state index in [1.54, 1.807) is 11.3 Å². The maximum atomic E-state index is 4.82. The first-order chi connectivity index (χ1) is 14.3. The van der Waals surface area contributed by atoms with E-state index >= 15 is 0 Å². The van der Waals surface area contributed by atoms with Crippen LogP contribution < -0.4 is 10.2 Å². The predicted octanol–water partition coefficient (Wildman–Crippen LogP) is 5.46. The molecule has 146 valence electrons. The van der Waals surface area contributed by atoms with Gasteiger partial charge in [0.25, 0.3) is 0 Å². The number of nitrogens with zero attached hydrogens (tertiary/aromatic N) is 3. The molecule has 0 saturated carbocycles. The molecule has 5 heteroatoms. The second kappa shape index (κ2) is 7.85. The first-order valence-electron chi connectivity index (χ1n) is 10.0. The van der Waals surface area contributed by atoms with Crippen LogP contribution in [0.3, 0.4) is 0 Å². The molecule has 1 aliphatic rings. The van der Waals surface area contributed by atoms with Gasteiger partial charge in [-0.25, -0.2) is 4.98 Å². The van der Waals surface area contributed by atoms with Crippen molar-refractivity contribution in [3.8, 4) is 11.3 Å². The van der Waals surface area contributed by atoms with E-state index in [9.17, 15) is 0 Å². The van der Waals surface area contributed by atoms with Gasteiger partial charge in [0.05, 0.1) is 5.69 Å². The highest BCUT2D eigenvalue weighted by atomic mass is 32.1. The lowest BCUT2D eigenvalue weighted by Crippen LogP contribution is -2.44. The van der Waals surface area contributed by atoms with Crippen LogP contribution in [0.1, 0.15) is 0 Å². The second-order valence-corrected chi connectivity index (χ2v) is 8.38. The van der Waals surface area contributed by atoms with Crippen LogP contribution in [0.5, 0.6) is 0 Å². The average Bonchev–Trinajstić information content (AvgIpc) is 3.23. The molecule has 1 saturated heterocycles. The van der Waals surface area contributed by atoms with E-state index in [0.29, 0.717) is 0 Å². The van der Waals surface area contributed by atoms with Crippen molar-refractivity contribution in [2.75, 3.05) is 43.4 Å². The largest absolute Gasteiger partial charge is 0.369 e. The fourth-order valence-corrected chi connectivity index (χ4v) is 4.55. The van der Waals surface area contributed by atoms with Crippen molar-refractivity contribution in [2.45, 2.75) is 0 Å². The van der Waals surface area contributed by atoms with Crippen molar-refractivity contribution in [3.63, 3.8) is 0 Å². The topological polar surface area (TPSA) is 31.4 Å². The van der Waals surface area contributed by atoms with Crippen molar-refractivity contribution in [1.29, 1.82) is 0 Å². The molecule has 4 aromatic rings. The molecular formula is C24H24N4S. The molecule has 1 aromatic heterocycles. The number of hydrogen-bond donors (Lipinski definition) is 1. The third-order valence-corrected chi connectivity index (χ3v) is 6.32. The Labute approximate surface area is 175 Å². The van der Waals surface area contributed by atoms with Crippen molar-refractivity contribution in [3.05, 3.63) is 72.1 Å². The third-order valence-electron chi connectivity index (χ3n) is 5.57. The molecule has 0 unspecified atom stereocenters. The van der Waals surface area contributed by atoms with Crippen molar-refractivity contribution in [1.82, 2.24) is 9.88 Å². The third kappa shape index (κ3) is 3.84. The van der Waals surface area contributed by atoms with E-state index in [2.05, 4.69) is 94.3 Å². The van der Waals surface area contributed by atoms with Crippen LogP contribution in [0.15, 0.2) is 72.1 Å². The van der Waals surface area contributed by atoms with Crippen molar-refractivity contribution in [2.24, 2.45) is 0 Å². The van der Waals surface area contributed by atoms with Gasteiger partial charge in [-0.15, -0.1) is 11.3 Å². The Hall–Kier alpha value is -2.89. The zero-order chi connectivity index (χ0) is 19.6. The number of thiazole rings is 1. The van der Waals surface area contributed by atoms with Crippen LogP contribution in [0.4, 0.5) is 16.5 Å². The van der Waals surface area contributed by atoms with E-state index in [0.717, 1.165) is 48.3 Å². The molecule has 0 aliphatic carbocycles. The minimum Gasteiger partial charge on any atom is -0.369 e. The number of benzene rings is 3. The highest BCUT2D eigenvalue weighted by Gasteiger charge is 2.14. The Bertz CT molecular complexity index is 1110. The van der Waals surface area contributed by atoms with Gasteiger partial charge in [-0.05, 0) is 30.6 Å². The summed E-state index contributed by atoms with van der Waals surface area (Å²) in [5.74, 6) is 0. The number of anilines is 3. The minimum absolute atomic E-state index is 0.916. The van der Waals surface area contributed by atoms with Gasteiger partial charge in [0.2, 0.25) is 0 Å². The molecular weight excluding hydrogens is 376 g/mol. The smallest absolute Gasteiger partial charge is 0.187 e. The summed E-state index contributed by atoms with van der Waals surface area (Å²) >= 11 is 1.64. The zero-order valence-electron chi connectivity index (χ0n) is 16.5. The second-order valence-electron chi connectivity index (χ2n) is 7.53. The van der Waals surface area contributed by atoms with Gasteiger partial charge in [0.1, 0.15) is 0 Å². The highest BCUT2D eigenvalue weighted by molar-refractivity contribution is 7.14. The van der Waals surface area contributed by atoms with E-state index in [-0.39, 0.29) is 0 Å². The average molecular weight is 401 g/mol. The monoisotopic (exact) mass is 400 g/mol. The van der Waals surface area contributed by atoms with Crippen LogP contribution in [0.2, 0.25) is 0 Å². The molecule has 0 atom stereocenters. The van der Waals surface area contributed by atoms with Crippen molar-refractivity contribution < 1.29 is 0 Å². The maximum absolute atomic E-state index is 4.82. The van der Waals surface area contributed by atoms with Crippen LogP contribution in [0, 0.1) is 0 Å². The van der Waals surface area contributed by atoms with E-state index in [1.807, 2.05) is 0 Å². The maximum Gasteiger partial charge on any atom is 0.187 e. The molecule has 1 fully saturated rings. The standard InChI is InChI=1S/C24H24N4S/c1-27-13-15-28(16-14-27)20-11-9-19(10-12-20)23-17-29-24(26-23)25-22-8-4-6-18-5-2-3-7-21(18)22/h2-12,17H,13-16H2,1H3,(H,25,26). The summed E-state index contributed by atoms with van der Waals surface area (Å²) in [5, 5.41) is 8.98. The number of nitrogens with one attached hydrogen (secondary N) is 1. The first-order valence-corrected chi connectivity index (χ1v) is 10.9. The molecule has 0 amide bonds. The molecule has 4 nitrogen and oxygen atoms in total. The molecule has 0 radical (unpaired) electrons. The number of rotatable bonds is 4. The summed E-state index contributed by atoms with van der Waals surface area (Å²) < 4.78 is 0. The Morgan fingerprint density at radius 2 is 1.62 bits per heavy atom. The van der Waals surface area contributed by atoms with Gasteiger partial charge in [-0.3, -0.25) is 0 Å². The fourth-order valence-electron chi connectivity index (χ4n) is 3.82. The molecule has 3 aromatic carbocycles. The molecule has 5 rings (SSSR count). The van der Waals surface area contributed by atoms with E-state index in [4.69, 9.17) is 4.98 Å². The summed E-state index contributed by atoms with van der Waals surface area (Å²) in [6.07, 6.45) is 0. The van der Waals surface area contributed by atoms with Gasteiger partial charge >= 0.3 is 0 Å². The molecule has 1 N–H and O–H groups in total. The number of fused-ring (bicyclic) bond motifs is 1. The Morgan fingerprint density at radius 1 is 0.862 bits per heavy atom. The summed E-state index contributed by atoms with van der Waals surface area (Å²) in [6.45, 7) is 4.42. The zero-order valence-corrected chi connectivity index (χ0v) is 17.3. The summed E-state index contributed by atoms with van der Waals surface area (Å²) in [7, 11) is 2.19. The Morgan fingerprint density at radius 3 is 2.45 bits per heavy atom.